The number of carbonyl (C=O) groups is 4. The van der Waals surface area contributed by atoms with E-state index >= 15 is 0 Å². The van der Waals surface area contributed by atoms with Gasteiger partial charge in [0.1, 0.15) is 24.4 Å². The van der Waals surface area contributed by atoms with Crippen molar-refractivity contribution in [1.82, 2.24) is 20.4 Å². The van der Waals surface area contributed by atoms with E-state index in [1.807, 2.05) is 20.8 Å². The summed E-state index contributed by atoms with van der Waals surface area (Å²) in [7, 11) is 0. The van der Waals surface area contributed by atoms with Crippen molar-refractivity contribution in [3.8, 4) is 5.75 Å². The van der Waals surface area contributed by atoms with Crippen molar-refractivity contribution in [3.63, 3.8) is 0 Å². The number of rotatable bonds is 4. The fourth-order valence-corrected chi connectivity index (χ4v) is 4.56. The third-order valence-corrected chi connectivity index (χ3v) is 6.55. The number of nitrogens with one attached hydrogen (secondary N) is 2. The van der Waals surface area contributed by atoms with Crippen LogP contribution < -0.4 is 15.4 Å². The maximum atomic E-state index is 13.4. The summed E-state index contributed by atoms with van der Waals surface area (Å²) >= 11 is 0. The summed E-state index contributed by atoms with van der Waals surface area (Å²) in [6, 6.07) is 4.82. The molecule has 10 heteroatoms. The van der Waals surface area contributed by atoms with E-state index in [1.165, 1.54) is 0 Å². The molecule has 198 valence electrons. The monoisotopic (exact) mass is 502 g/mol. The largest absolute Gasteiger partial charge is 0.491 e. The Kier molecular flexibility index (Phi) is 9.69. The molecule has 4 amide bonds. The Bertz CT molecular complexity index is 944. The van der Waals surface area contributed by atoms with Crippen LogP contribution in [0.2, 0.25) is 0 Å². The minimum absolute atomic E-state index is 0.150. The molecule has 3 N–H and O–H groups in total. The molecule has 0 aliphatic carbocycles. The first-order valence-electron chi connectivity index (χ1n) is 12.8. The van der Waals surface area contributed by atoms with Crippen molar-refractivity contribution in [2.45, 2.75) is 64.6 Å². The van der Waals surface area contributed by atoms with E-state index in [1.54, 1.807) is 34.1 Å². The van der Waals surface area contributed by atoms with Gasteiger partial charge in [-0.15, -0.1) is 0 Å². The Hall–Kier alpha value is -3.14. The summed E-state index contributed by atoms with van der Waals surface area (Å²) < 4.78 is 5.88. The van der Waals surface area contributed by atoms with Crippen LogP contribution in [0, 0.1) is 5.92 Å². The number of carbonyl (C=O) groups excluding carboxylic acids is 4. The van der Waals surface area contributed by atoms with E-state index in [2.05, 4.69) is 10.6 Å². The van der Waals surface area contributed by atoms with Gasteiger partial charge in [0.15, 0.2) is 0 Å². The molecule has 0 radical (unpaired) electrons. The van der Waals surface area contributed by atoms with Crippen molar-refractivity contribution >= 4 is 23.6 Å². The van der Waals surface area contributed by atoms with Crippen LogP contribution in [0.5, 0.6) is 5.75 Å². The number of aliphatic hydroxyl groups excluding tert-OH is 1. The molecule has 0 saturated carbocycles. The van der Waals surface area contributed by atoms with Crippen molar-refractivity contribution in [3.05, 3.63) is 29.8 Å². The van der Waals surface area contributed by atoms with Crippen molar-refractivity contribution < 1.29 is 29.0 Å². The molecule has 0 bridgehead atoms. The number of hydrogen-bond donors (Lipinski definition) is 3. The number of hydrogen-bond acceptors (Lipinski definition) is 6. The minimum atomic E-state index is -1.12. The number of likely N-dealkylation sites (N-methyl/N-ethyl adjacent to an activating group) is 1. The molecule has 36 heavy (non-hydrogen) atoms. The molecule has 1 saturated heterocycles. The van der Waals surface area contributed by atoms with Crippen LogP contribution in [0.1, 0.15) is 56.8 Å². The van der Waals surface area contributed by atoms with Gasteiger partial charge in [-0.05, 0) is 44.2 Å². The number of likely N-dealkylation sites (tertiary alicyclic amines) is 1. The van der Waals surface area contributed by atoms with Crippen LogP contribution >= 0.6 is 0 Å². The third-order valence-electron chi connectivity index (χ3n) is 6.55. The maximum absolute atomic E-state index is 13.4. The van der Waals surface area contributed by atoms with E-state index < -0.39 is 35.9 Å². The first kappa shape index (κ1) is 27.4. The summed E-state index contributed by atoms with van der Waals surface area (Å²) in [5, 5.41) is 15.4. The molecule has 2 aliphatic rings. The van der Waals surface area contributed by atoms with Crippen molar-refractivity contribution in [2.75, 3.05) is 32.8 Å². The first-order valence-corrected chi connectivity index (χ1v) is 12.8. The van der Waals surface area contributed by atoms with Gasteiger partial charge in [0, 0.05) is 19.6 Å². The molecule has 2 heterocycles. The molecular weight excluding hydrogens is 464 g/mol. The molecule has 2 atom stereocenters. The molecule has 0 unspecified atom stereocenters. The average molecular weight is 503 g/mol. The zero-order chi connectivity index (χ0) is 26.2. The van der Waals surface area contributed by atoms with Crippen LogP contribution in [-0.2, 0) is 14.4 Å². The van der Waals surface area contributed by atoms with Gasteiger partial charge < -0.3 is 30.3 Å². The molecule has 3 rings (SSSR count). The quantitative estimate of drug-likeness (QED) is 0.562. The molecule has 0 spiro atoms. The second kappa shape index (κ2) is 12.7. The van der Waals surface area contributed by atoms with Crippen LogP contribution in [0.4, 0.5) is 0 Å². The number of ether oxygens (including phenoxy) is 1. The normalized spacial score (nSPS) is 22.9. The zero-order valence-corrected chi connectivity index (χ0v) is 21.4. The van der Waals surface area contributed by atoms with Gasteiger partial charge in [-0.25, -0.2) is 0 Å². The summed E-state index contributed by atoms with van der Waals surface area (Å²) in [6.45, 7) is 7.40. The fourth-order valence-electron chi connectivity index (χ4n) is 4.56. The SMILES string of the molecule is CCN1CCOc2ccccc2C(=O)N[C@H](C(=O)N2CCC(O)CC2)CC(=O)N[C@@H](CC(C)C)C1=O. The smallest absolute Gasteiger partial charge is 0.255 e. The van der Waals surface area contributed by atoms with E-state index in [9.17, 15) is 24.3 Å². The van der Waals surface area contributed by atoms with Crippen LogP contribution in [0.15, 0.2) is 24.3 Å². The summed E-state index contributed by atoms with van der Waals surface area (Å²) in [5.74, 6) is -1.11. The fraction of sp³-hybridized carbons (Fsp3) is 0.615. The summed E-state index contributed by atoms with van der Waals surface area (Å²) in [6.07, 6.45) is 0.546. The van der Waals surface area contributed by atoms with E-state index in [4.69, 9.17) is 4.74 Å². The van der Waals surface area contributed by atoms with Crippen molar-refractivity contribution in [1.29, 1.82) is 0 Å². The highest BCUT2D eigenvalue weighted by atomic mass is 16.5. The number of para-hydroxylation sites is 1. The van der Waals surface area contributed by atoms with E-state index in [0.717, 1.165) is 0 Å². The van der Waals surface area contributed by atoms with Gasteiger partial charge in [0.05, 0.1) is 24.6 Å². The summed E-state index contributed by atoms with van der Waals surface area (Å²) in [4.78, 5) is 56.2. The molecule has 1 aromatic rings. The number of aliphatic hydroxyl groups is 1. The lowest BCUT2D eigenvalue weighted by molar-refractivity contribution is -0.139. The number of amides is 4. The lowest BCUT2D eigenvalue weighted by atomic mass is 10.0. The number of benzene rings is 1. The molecule has 1 fully saturated rings. The predicted octanol–water partition coefficient (Wildman–Crippen LogP) is 0.930. The third kappa shape index (κ3) is 7.19. The second-order valence-electron chi connectivity index (χ2n) is 9.80. The van der Waals surface area contributed by atoms with Gasteiger partial charge in [0.25, 0.3) is 5.91 Å². The maximum Gasteiger partial charge on any atom is 0.255 e. The molecule has 1 aromatic carbocycles. The highest BCUT2D eigenvalue weighted by Gasteiger charge is 2.33. The Balaban J connectivity index is 1.92. The lowest BCUT2D eigenvalue weighted by Gasteiger charge is -2.33. The molecule has 0 aromatic heterocycles. The Morgan fingerprint density at radius 3 is 2.47 bits per heavy atom. The zero-order valence-electron chi connectivity index (χ0n) is 21.4. The Morgan fingerprint density at radius 1 is 1.11 bits per heavy atom. The van der Waals surface area contributed by atoms with E-state index in [-0.39, 0.29) is 30.4 Å². The van der Waals surface area contributed by atoms with Crippen molar-refractivity contribution in [2.24, 2.45) is 5.92 Å². The standard InChI is InChI=1S/C26H38N4O6/c1-4-29-13-14-36-22-8-6-5-7-19(22)24(33)28-21(26(35)30-11-9-18(31)10-12-30)16-23(32)27-20(25(29)34)15-17(2)3/h5-8,17-18,20-21,31H,4,9-16H2,1-3H3,(H,27,32)(H,28,33)/t20-,21-/m0/s1. The number of nitrogens with zero attached hydrogens (tertiary/aromatic N) is 2. The van der Waals surface area contributed by atoms with Gasteiger partial charge in [-0.2, -0.15) is 0 Å². The highest BCUT2D eigenvalue weighted by molar-refractivity contribution is 6.01. The predicted molar refractivity (Wildman–Crippen MR) is 133 cm³/mol. The average Bonchev–Trinajstić information content (AvgIpc) is 2.85. The van der Waals surface area contributed by atoms with Crippen LogP contribution in [0.3, 0.4) is 0 Å². The Labute approximate surface area is 212 Å². The Morgan fingerprint density at radius 2 is 1.81 bits per heavy atom. The molecular formula is C26H38N4O6. The highest BCUT2D eigenvalue weighted by Crippen LogP contribution is 2.20. The number of piperidine rings is 1. The van der Waals surface area contributed by atoms with Gasteiger partial charge in [-0.3, -0.25) is 19.2 Å². The van der Waals surface area contributed by atoms with Gasteiger partial charge >= 0.3 is 0 Å². The van der Waals surface area contributed by atoms with Crippen LogP contribution in [0.25, 0.3) is 0 Å². The summed E-state index contributed by atoms with van der Waals surface area (Å²) in [5.41, 5.74) is 0.244. The van der Waals surface area contributed by atoms with E-state index in [0.29, 0.717) is 51.2 Å². The lowest BCUT2D eigenvalue weighted by Crippen LogP contribution is -2.55. The topological polar surface area (TPSA) is 128 Å². The molecule has 10 nitrogen and oxygen atoms in total. The number of fused-ring (bicyclic) bond motifs is 1. The van der Waals surface area contributed by atoms with Gasteiger partial charge in [-0.1, -0.05) is 26.0 Å². The second-order valence-corrected chi connectivity index (χ2v) is 9.80. The molecule has 2 aliphatic heterocycles. The van der Waals surface area contributed by atoms with Gasteiger partial charge in [0.2, 0.25) is 17.7 Å². The first-order chi connectivity index (χ1) is 17.2. The van der Waals surface area contributed by atoms with Crippen LogP contribution in [-0.4, -0.2) is 89.5 Å². The minimum Gasteiger partial charge on any atom is -0.491 e.